The van der Waals surface area contributed by atoms with Crippen LogP contribution in [0.15, 0.2) is 24.3 Å². The van der Waals surface area contributed by atoms with Gasteiger partial charge in [-0.05, 0) is 19.9 Å². The van der Waals surface area contributed by atoms with E-state index in [1.165, 1.54) is 4.70 Å². The minimum Gasteiger partial charge on any atom is -0.354 e. The van der Waals surface area contributed by atoms with Crippen molar-refractivity contribution >= 4 is 38.9 Å². The molecule has 3 nitrogen and oxygen atoms in total. The van der Waals surface area contributed by atoms with Crippen LogP contribution >= 0.6 is 22.9 Å². The molecule has 0 unspecified atom stereocenters. The Kier molecular flexibility index (Phi) is 5.40. The number of nitrogens with one attached hydrogen (secondary N) is 2. The summed E-state index contributed by atoms with van der Waals surface area (Å²) < 4.78 is 1.20. The highest BCUT2D eigenvalue weighted by Gasteiger charge is 2.09. The molecule has 0 spiro atoms. The molecule has 0 aliphatic carbocycles. The zero-order valence-electron chi connectivity index (χ0n) is 11.7. The summed E-state index contributed by atoms with van der Waals surface area (Å²) in [4.78, 5) is 12.6. The van der Waals surface area contributed by atoms with Crippen LogP contribution in [0.3, 0.4) is 0 Å². The second-order valence-corrected chi connectivity index (χ2v) is 6.50. The summed E-state index contributed by atoms with van der Waals surface area (Å²) >= 11 is 8.06. The summed E-state index contributed by atoms with van der Waals surface area (Å²) in [5.74, 6) is 0.0786. The summed E-state index contributed by atoms with van der Waals surface area (Å²) in [5.41, 5.74) is 0. The minimum absolute atomic E-state index is 0.0786. The van der Waals surface area contributed by atoms with Gasteiger partial charge in [-0.25, -0.2) is 0 Å². The number of carbonyl (C=O) groups is 1. The molecule has 0 saturated carbocycles. The quantitative estimate of drug-likeness (QED) is 0.801. The van der Waals surface area contributed by atoms with Crippen molar-refractivity contribution in [1.29, 1.82) is 0 Å². The summed E-state index contributed by atoms with van der Waals surface area (Å²) in [6.45, 7) is 5.28. The molecular weight excluding hydrogens is 292 g/mol. The van der Waals surface area contributed by atoms with E-state index in [1.54, 1.807) is 11.3 Å². The highest BCUT2D eigenvalue weighted by molar-refractivity contribution is 7.19. The predicted octanol–water partition coefficient (Wildman–Crippen LogP) is 3.56. The summed E-state index contributed by atoms with van der Waals surface area (Å²) in [6, 6.07) is 8.32. The third-order valence-corrected chi connectivity index (χ3v) is 4.58. The highest BCUT2D eigenvalue weighted by Crippen LogP contribution is 2.34. The van der Waals surface area contributed by atoms with Crippen molar-refractivity contribution in [3.05, 3.63) is 34.2 Å². The van der Waals surface area contributed by atoms with Gasteiger partial charge in [0.05, 0.1) is 5.02 Å². The number of halogens is 1. The van der Waals surface area contributed by atoms with Crippen LogP contribution in [0.2, 0.25) is 5.02 Å². The van der Waals surface area contributed by atoms with Crippen LogP contribution in [0.25, 0.3) is 10.1 Å². The van der Waals surface area contributed by atoms with Crippen LogP contribution in [-0.4, -0.2) is 18.5 Å². The minimum atomic E-state index is 0.0786. The van der Waals surface area contributed by atoms with E-state index in [1.807, 2.05) is 32.0 Å². The van der Waals surface area contributed by atoms with Gasteiger partial charge >= 0.3 is 0 Å². The number of carbonyl (C=O) groups excluding carboxylic acids is 1. The molecule has 2 N–H and O–H groups in total. The first-order valence-corrected chi connectivity index (χ1v) is 7.93. The van der Waals surface area contributed by atoms with Crippen LogP contribution in [0.1, 0.15) is 25.1 Å². The molecule has 5 heteroatoms. The van der Waals surface area contributed by atoms with E-state index < -0.39 is 0 Å². The largest absolute Gasteiger partial charge is 0.354 e. The Morgan fingerprint density at radius 2 is 2.10 bits per heavy atom. The second kappa shape index (κ2) is 7.07. The summed E-state index contributed by atoms with van der Waals surface area (Å²) in [7, 11) is 0. The van der Waals surface area contributed by atoms with Crippen molar-refractivity contribution in [2.45, 2.75) is 32.9 Å². The van der Waals surface area contributed by atoms with Gasteiger partial charge < -0.3 is 10.6 Å². The Morgan fingerprint density at radius 3 is 2.80 bits per heavy atom. The van der Waals surface area contributed by atoms with Gasteiger partial charge in [-0.2, -0.15) is 0 Å². The first kappa shape index (κ1) is 15.3. The topological polar surface area (TPSA) is 41.1 Å². The third-order valence-electron chi connectivity index (χ3n) is 2.87. The lowest BCUT2D eigenvalue weighted by atomic mass is 10.2. The van der Waals surface area contributed by atoms with Gasteiger partial charge in [0.2, 0.25) is 5.91 Å². The first-order valence-electron chi connectivity index (χ1n) is 6.74. The smallest absolute Gasteiger partial charge is 0.221 e. The molecule has 1 amide bonds. The Bertz CT molecular complexity index is 595. The molecule has 0 fully saturated rings. The third kappa shape index (κ3) is 3.95. The maximum Gasteiger partial charge on any atom is 0.221 e. The van der Waals surface area contributed by atoms with Crippen LogP contribution < -0.4 is 10.6 Å². The second-order valence-electron chi connectivity index (χ2n) is 4.98. The SMILES string of the molecule is CC(C)NC(=O)CCNCc1sc2ccccc2c1Cl. The molecule has 0 bridgehead atoms. The number of amides is 1. The molecule has 0 aliphatic heterocycles. The Labute approximate surface area is 128 Å². The molecule has 2 aromatic rings. The molecule has 0 atom stereocenters. The number of hydrogen-bond donors (Lipinski definition) is 2. The van der Waals surface area contributed by atoms with Gasteiger partial charge in [-0.3, -0.25) is 4.79 Å². The van der Waals surface area contributed by atoms with E-state index in [0.29, 0.717) is 19.5 Å². The number of rotatable bonds is 6. The number of benzene rings is 1. The highest BCUT2D eigenvalue weighted by atomic mass is 35.5. The Hall–Kier alpha value is -1.10. The number of thiophene rings is 1. The standard InChI is InChI=1S/C15H19ClN2OS/c1-10(2)18-14(19)7-8-17-9-13-15(16)11-5-3-4-6-12(11)20-13/h3-6,10,17H,7-9H2,1-2H3,(H,18,19). The van der Waals surface area contributed by atoms with Gasteiger partial charge in [0.25, 0.3) is 0 Å². The van der Waals surface area contributed by atoms with E-state index in [2.05, 4.69) is 16.7 Å². The predicted molar refractivity (Wildman–Crippen MR) is 86.4 cm³/mol. The Balaban J connectivity index is 1.84. The first-order chi connectivity index (χ1) is 9.58. The average molecular weight is 311 g/mol. The zero-order chi connectivity index (χ0) is 14.5. The molecule has 0 saturated heterocycles. The molecule has 0 radical (unpaired) electrons. The monoisotopic (exact) mass is 310 g/mol. The van der Waals surface area contributed by atoms with E-state index in [-0.39, 0.29) is 11.9 Å². The molecule has 108 valence electrons. The average Bonchev–Trinajstić information content (AvgIpc) is 2.71. The van der Waals surface area contributed by atoms with Crippen molar-refractivity contribution in [3.8, 4) is 0 Å². The van der Waals surface area contributed by atoms with Crippen LogP contribution in [-0.2, 0) is 11.3 Å². The molecule has 0 aliphatic rings. The molecule has 1 aromatic heterocycles. The van der Waals surface area contributed by atoms with E-state index in [0.717, 1.165) is 15.3 Å². The van der Waals surface area contributed by atoms with E-state index >= 15 is 0 Å². The Morgan fingerprint density at radius 1 is 1.35 bits per heavy atom. The molecule has 1 heterocycles. The zero-order valence-corrected chi connectivity index (χ0v) is 13.3. The number of hydrogen-bond acceptors (Lipinski definition) is 3. The fourth-order valence-electron chi connectivity index (χ4n) is 1.98. The van der Waals surface area contributed by atoms with Crippen LogP contribution in [0, 0.1) is 0 Å². The maximum absolute atomic E-state index is 11.5. The van der Waals surface area contributed by atoms with Crippen molar-refractivity contribution in [3.63, 3.8) is 0 Å². The van der Waals surface area contributed by atoms with Gasteiger partial charge in [-0.1, -0.05) is 29.8 Å². The number of fused-ring (bicyclic) bond motifs is 1. The van der Waals surface area contributed by atoms with Gasteiger partial charge in [0.1, 0.15) is 0 Å². The van der Waals surface area contributed by atoms with Gasteiger partial charge in [-0.15, -0.1) is 11.3 Å². The molecule has 1 aromatic carbocycles. The van der Waals surface area contributed by atoms with Crippen molar-refractivity contribution in [1.82, 2.24) is 10.6 Å². The normalized spacial score (nSPS) is 11.2. The lowest BCUT2D eigenvalue weighted by molar-refractivity contribution is -0.121. The summed E-state index contributed by atoms with van der Waals surface area (Å²) in [5, 5.41) is 8.07. The van der Waals surface area contributed by atoms with E-state index in [4.69, 9.17) is 11.6 Å². The molecule has 2 rings (SSSR count). The van der Waals surface area contributed by atoms with Gasteiger partial charge in [0, 0.05) is 40.5 Å². The van der Waals surface area contributed by atoms with Gasteiger partial charge in [0.15, 0.2) is 0 Å². The van der Waals surface area contributed by atoms with Crippen molar-refractivity contribution in [2.75, 3.05) is 6.54 Å². The fraction of sp³-hybridized carbons (Fsp3) is 0.400. The van der Waals surface area contributed by atoms with Crippen LogP contribution in [0.4, 0.5) is 0 Å². The van der Waals surface area contributed by atoms with Crippen molar-refractivity contribution < 1.29 is 4.79 Å². The molecule has 20 heavy (non-hydrogen) atoms. The van der Waals surface area contributed by atoms with Crippen molar-refractivity contribution in [2.24, 2.45) is 0 Å². The lowest BCUT2D eigenvalue weighted by Gasteiger charge is -2.08. The molecular formula is C15H19ClN2OS. The maximum atomic E-state index is 11.5. The lowest BCUT2D eigenvalue weighted by Crippen LogP contribution is -2.32. The van der Waals surface area contributed by atoms with Crippen LogP contribution in [0.5, 0.6) is 0 Å². The van der Waals surface area contributed by atoms with E-state index in [9.17, 15) is 4.79 Å². The fourth-order valence-corrected chi connectivity index (χ4v) is 3.45. The summed E-state index contributed by atoms with van der Waals surface area (Å²) in [6.07, 6.45) is 0.487.